The molecule has 0 amide bonds. The third-order valence-electron chi connectivity index (χ3n) is 12.2. The van der Waals surface area contributed by atoms with E-state index in [0.717, 1.165) is 85.5 Å². The third-order valence-corrected chi connectivity index (χ3v) is 12.2. The molecule has 4 fully saturated rings. The number of pyridine rings is 2. The first-order valence-electron chi connectivity index (χ1n) is 20.0. The topological polar surface area (TPSA) is 204 Å². The fraction of sp³-hybridized carbons (Fsp3) is 0.523. The third kappa shape index (κ3) is 9.35. The van der Waals surface area contributed by atoms with Crippen LogP contribution in [0.25, 0.3) is 11.4 Å². The monoisotopic (exact) mass is 790 g/mol. The van der Waals surface area contributed by atoms with Crippen LogP contribution in [0.3, 0.4) is 0 Å². The fourth-order valence-corrected chi connectivity index (χ4v) is 8.39. The van der Waals surface area contributed by atoms with E-state index < -0.39 is 24.1 Å². The predicted molar refractivity (Wildman–Crippen MR) is 209 cm³/mol. The van der Waals surface area contributed by atoms with Crippen molar-refractivity contribution in [1.29, 1.82) is 10.5 Å². The van der Waals surface area contributed by atoms with E-state index in [1.807, 2.05) is 12.1 Å². The highest BCUT2D eigenvalue weighted by molar-refractivity contribution is 6.10. The van der Waals surface area contributed by atoms with E-state index in [1.54, 1.807) is 26.2 Å². The molecule has 0 bridgehead atoms. The highest BCUT2D eigenvalue weighted by atomic mass is 16.6. The number of esters is 3. The molecule has 8 rings (SSSR count). The molecule has 1 N–H and O–H groups in total. The summed E-state index contributed by atoms with van der Waals surface area (Å²) in [4.78, 5) is 68.9. The number of hydrogen-bond acceptors (Lipinski definition) is 14. The molecule has 14 heteroatoms. The second kappa shape index (κ2) is 17.0. The molecule has 2 atom stereocenters. The molecule has 2 aliphatic heterocycles. The molecule has 4 heterocycles. The summed E-state index contributed by atoms with van der Waals surface area (Å²) in [5.41, 5.74) is 7.70. The van der Waals surface area contributed by atoms with Gasteiger partial charge in [0.1, 0.15) is 29.4 Å². The molecule has 0 aromatic carbocycles. The Hall–Kier alpha value is -5.73. The zero-order valence-corrected chi connectivity index (χ0v) is 33.9. The van der Waals surface area contributed by atoms with E-state index in [4.69, 9.17) is 4.74 Å². The van der Waals surface area contributed by atoms with Crippen LogP contribution in [0.4, 0.5) is 0 Å². The van der Waals surface area contributed by atoms with Crippen molar-refractivity contribution in [2.75, 3.05) is 26.2 Å². The average Bonchev–Trinajstić information content (AvgIpc) is 4.12. The van der Waals surface area contributed by atoms with Gasteiger partial charge in [-0.15, -0.1) is 0 Å². The molecule has 2 saturated carbocycles. The van der Waals surface area contributed by atoms with Crippen molar-refractivity contribution >= 4 is 40.9 Å². The highest BCUT2D eigenvalue weighted by Gasteiger charge is 2.47. The Morgan fingerprint density at radius 3 is 1.41 bits per heavy atom. The first-order valence-corrected chi connectivity index (χ1v) is 20.0. The highest BCUT2D eigenvalue weighted by Crippen LogP contribution is 2.55. The molecular weight excluding hydrogens is 741 g/mol. The largest absolute Gasteiger partial charge is 0.456 e. The van der Waals surface area contributed by atoms with Gasteiger partial charge in [0.05, 0.1) is 28.9 Å². The summed E-state index contributed by atoms with van der Waals surface area (Å²) in [5, 5.41) is 29.1. The molecule has 2 spiro atoms. The summed E-state index contributed by atoms with van der Waals surface area (Å²) in [6, 6.07) is 8.00. The average molecular weight is 791 g/mol. The van der Waals surface area contributed by atoms with Crippen LogP contribution in [0.5, 0.6) is 0 Å². The van der Waals surface area contributed by atoms with E-state index in [9.17, 15) is 39.6 Å². The van der Waals surface area contributed by atoms with Gasteiger partial charge in [-0.25, -0.2) is 0 Å². The van der Waals surface area contributed by atoms with E-state index in [0.29, 0.717) is 22.2 Å². The second-order valence-corrected chi connectivity index (χ2v) is 16.4. The van der Waals surface area contributed by atoms with E-state index in [-0.39, 0.29) is 41.5 Å². The summed E-state index contributed by atoms with van der Waals surface area (Å²) in [6.45, 7) is 10.7. The maximum absolute atomic E-state index is 12.5. The molecule has 14 nitrogen and oxygen atoms in total. The number of carbonyl (C=O) groups is 5. The minimum Gasteiger partial charge on any atom is -0.456 e. The van der Waals surface area contributed by atoms with E-state index in [1.165, 1.54) is 46.5 Å². The van der Waals surface area contributed by atoms with Gasteiger partial charge in [-0.2, -0.15) is 10.5 Å². The zero-order chi connectivity index (χ0) is 41.9. The smallest absolute Gasteiger partial charge is 0.310 e. The Bertz CT molecular complexity index is 2150. The standard InChI is InChI=1S/C21H23N3O3.C19H21N3O2.C4H6O3/c1-13(27-14(2)25)18-10-16-15(12-23-18)9-19(26)17(11-22)20(16)24-7-5-21(3-4-21)6-8-24;1-12(23)16-9-14-13(11-21-16)8-17(24)15(10-20)18(14)22-6-4-19(2-3-19)5-7-22;1-3(5)7-4(2)6/h10,12-13H,3-9H2,1-2H3;9,11-12,23H,2-8H2,1H3;1-2H3. The first kappa shape index (κ1) is 41.9. The molecule has 6 aliphatic rings. The van der Waals surface area contributed by atoms with Gasteiger partial charge < -0.3 is 24.4 Å². The maximum Gasteiger partial charge on any atom is 0.310 e. The summed E-state index contributed by atoms with van der Waals surface area (Å²) in [7, 11) is 0. The van der Waals surface area contributed by atoms with Gasteiger partial charge in [0, 0.05) is 83.3 Å². The van der Waals surface area contributed by atoms with Gasteiger partial charge in [0.15, 0.2) is 11.6 Å². The summed E-state index contributed by atoms with van der Waals surface area (Å²) in [5.74, 6) is -1.76. The first-order chi connectivity index (χ1) is 27.6. The minimum absolute atomic E-state index is 0.127. The number of piperidine rings is 2. The van der Waals surface area contributed by atoms with Gasteiger partial charge in [-0.1, -0.05) is 0 Å². The Labute approximate surface area is 338 Å². The molecule has 2 aromatic rings. The lowest BCUT2D eigenvalue weighted by atomic mass is 9.86. The van der Waals surface area contributed by atoms with Gasteiger partial charge in [-0.3, -0.25) is 33.9 Å². The number of ketones is 2. The number of likely N-dealkylation sites (tertiary alicyclic amines) is 2. The normalized spacial score (nSPS) is 20.5. The Kier molecular flexibility index (Phi) is 12.3. The van der Waals surface area contributed by atoms with Crippen molar-refractivity contribution in [3.05, 3.63) is 69.3 Å². The number of allylic oxidation sites excluding steroid dienone is 2. The second-order valence-electron chi connectivity index (χ2n) is 16.4. The van der Waals surface area contributed by atoms with Gasteiger partial charge in [-0.05, 0) is 99.3 Å². The van der Waals surface area contributed by atoms with Crippen LogP contribution in [-0.2, 0) is 46.3 Å². The lowest BCUT2D eigenvalue weighted by Gasteiger charge is -2.37. The minimum atomic E-state index is -0.671. The van der Waals surface area contributed by atoms with Gasteiger partial charge in [0.25, 0.3) is 0 Å². The molecule has 2 aromatic heterocycles. The zero-order valence-electron chi connectivity index (χ0n) is 33.9. The van der Waals surface area contributed by atoms with Gasteiger partial charge in [0.2, 0.25) is 0 Å². The number of fused-ring (bicyclic) bond motifs is 2. The van der Waals surface area contributed by atoms with Crippen molar-refractivity contribution in [3.63, 3.8) is 0 Å². The van der Waals surface area contributed by atoms with Crippen LogP contribution >= 0.6 is 0 Å². The molecule has 58 heavy (non-hydrogen) atoms. The molecule has 2 unspecified atom stereocenters. The van der Waals surface area contributed by atoms with Crippen molar-refractivity contribution in [2.24, 2.45) is 10.8 Å². The number of hydrogen-bond donors (Lipinski definition) is 1. The van der Waals surface area contributed by atoms with Crippen LogP contribution in [0.15, 0.2) is 35.7 Å². The predicted octanol–water partition coefficient (Wildman–Crippen LogP) is 5.41. The van der Waals surface area contributed by atoms with Crippen LogP contribution in [0, 0.1) is 33.5 Å². The Morgan fingerprint density at radius 1 is 0.690 bits per heavy atom. The van der Waals surface area contributed by atoms with E-state index in [2.05, 4.69) is 36.6 Å². The number of rotatable bonds is 5. The summed E-state index contributed by atoms with van der Waals surface area (Å²) in [6.07, 6.45) is 12.3. The summed E-state index contributed by atoms with van der Waals surface area (Å²) < 4.78 is 9.23. The number of ether oxygens (including phenoxy) is 2. The number of aliphatic hydroxyl groups is 1. The lowest BCUT2D eigenvalue weighted by Crippen LogP contribution is -2.36. The lowest BCUT2D eigenvalue weighted by molar-refractivity contribution is -0.156. The number of carbonyl (C=O) groups excluding carboxylic acids is 5. The number of aromatic nitrogens is 2. The summed E-state index contributed by atoms with van der Waals surface area (Å²) >= 11 is 0. The molecule has 2 saturated heterocycles. The number of aliphatic hydroxyl groups excluding tert-OH is 1. The quantitative estimate of drug-likeness (QED) is 0.297. The Balaban J connectivity index is 0.000000169. The molecule has 0 radical (unpaired) electrons. The number of nitriles is 2. The SMILES string of the molecule is CC(=O)OC(C)=O.CC(=O)OC(C)c1cc2c(cn1)CC(=O)C(C#N)=C2N1CCC2(CC1)CC2.CC(O)c1cc2c(cn1)CC(=O)C(C#N)=C2N1CCC2(CC1)CC2. The van der Waals surface area contributed by atoms with Crippen molar-refractivity contribution in [1.82, 2.24) is 19.8 Å². The van der Waals surface area contributed by atoms with Crippen molar-refractivity contribution in [3.8, 4) is 12.1 Å². The van der Waals surface area contributed by atoms with Crippen molar-refractivity contribution < 1.29 is 38.6 Å². The number of Topliss-reactive ketones (excluding diaryl/α,β-unsaturated/α-hetero) is 2. The fourth-order valence-electron chi connectivity index (χ4n) is 8.39. The number of nitrogens with zero attached hydrogens (tertiary/aromatic N) is 6. The maximum atomic E-state index is 12.5. The van der Waals surface area contributed by atoms with Crippen LogP contribution in [0.2, 0.25) is 0 Å². The molecular formula is C44H50N6O8. The molecule has 304 valence electrons. The Morgan fingerprint density at radius 2 is 1.09 bits per heavy atom. The van der Waals surface area contributed by atoms with Crippen LogP contribution < -0.4 is 0 Å². The molecule has 4 aliphatic carbocycles. The van der Waals surface area contributed by atoms with Crippen LogP contribution in [-0.4, -0.2) is 80.5 Å². The van der Waals surface area contributed by atoms with E-state index >= 15 is 0 Å². The van der Waals surface area contributed by atoms with Crippen LogP contribution in [0.1, 0.15) is 132 Å². The van der Waals surface area contributed by atoms with Crippen molar-refractivity contribution in [2.45, 2.75) is 111 Å². The van der Waals surface area contributed by atoms with Gasteiger partial charge >= 0.3 is 17.9 Å².